The van der Waals surface area contributed by atoms with Gasteiger partial charge >= 0.3 is 0 Å². The van der Waals surface area contributed by atoms with E-state index in [0.717, 1.165) is 12.6 Å². The molecule has 94 valence electrons. The Morgan fingerprint density at radius 3 is 2.83 bits per heavy atom. The zero-order chi connectivity index (χ0) is 12.4. The van der Waals surface area contributed by atoms with Crippen LogP contribution < -0.4 is 5.32 Å². The van der Waals surface area contributed by atoms with Gasteiger partial charge in [-0.25, -0.2) is 4.98 Å². The maximum absolute atomic E-state index is 4.27. The van der Waals surface area contributed by atoms with E-state index in [2.05, 4.69) is 38.9 Å². The lowest BCUT2D eigenvalue weighted by molar-refractivity contribution is 0.574. The molecule has 0 saturated heterocycles. The summed E-state index contributed by atoms with van der Waals surface area (Å²) in [4.78, 5) is 8.34. The molecule has 2 heterocycles. The molecule has 1 unspecified atom stereocenters. The first-order chi connectivity index (χ1) is 8.84. The van der Waals surface area contributed by atoms with Crippen molar-refractivity contribution in [3.05, 3.63) is 48.3 Å². The van der Waals surface area contributed by atoms with Crippen molar-refractivity contribution in [1.29, 1.82) is 0 Å². The lowest BCUT2D eigenvalue weighted by Gasteiger charge is -2.17. The number of hydrogen-bond donors (Lipinski definition) is 1. The van der Waals surface area contributed by atoms with Crippen LogP contribution in [-0.2, 0) is 6.54 Å². The predicted molar refractivity (Wildman–Crippen MR) is 70.1 cm³/mol. The van der Waals surface area contributed by atoms with Crippen LogP contribution in [0.25, 0.3) is 0 Å². The standard InChI is InChI=1S/C14H18N4/c1-11(12-4-6-15-7-5-12)18-10-16-8-14(18)9-17-13-2-3-13/h4-8,10-11,13,17H,2-3,9H2,1H3. The molecular formula is C14H18N4. The minimum atomic E-state index is 0.298. The van der Waals surface area contributed by atoms with Crippen LogP contribution in [0.1, 0.15) is 37.1 Å². The molecule has 1 aliphatic carbocycles. The summed E-state index contributed by atoms with van der Waals surface area (Å²) in [5, 5.41) is 3.53. The van der Waals surface area contributed by atoms with Gasteiger partial charge in [0, 0.05) is 31.2 Å². The van der Waals surface area contributed by atoms with Crippen molar-refractivity contribution in [2.75, 3.05) is 0 Å². The van der Waals surface area contributed by atoms with E-state index in [-0.39, 0.29) is 0 Å². The van der Waals surface area contributed by atoms with E-state index in [0.29, 0.717) is 6.04 Å². The zero-order valence-electron chi connectivity index (χ0n) is 10.6. The highest BCUT2D eigenvalue weighted by atomic mass is 15.1. The van der Waals surface area contributed by atoms with E-state index in [4.69, 9.17) is 0 Å². The Kier molecular flexibility index (Phi) is 3.11. The van der Waals surface area contributed by atoms with Crippen LogP contribution in [0.3, 0.4) is 0 Å². The summed E-state index contributed by atoms with van der Waals surface area (Å²) < 4.78 is 2.23. The van der Waals surface area contributed by atoms with Gasteiger partial charge in [-0.1, -0.05) is 0 Å². The van der Waals surface area contributed by atoms with Gasteiger partial charge in [0.05, 0.1) is 18.1 Å². The molecule has 4 nitrogen and oxygen atoms in total. The molecule has 0 aliphatic heterocycles. The third-order valence-electron chi connectivity index (χ3n) is 3.50. The summed E-state index contributed by atoms with van der Waals surface area (Å²) in [6, 6.07) is 5.14. The van der Waals surface area contributed by atoms with Crippen LogP contribution in [0.15, 0.2) is 37.1 Å². The average Bonchev–Trinajstić information content (AvgIpc) is 3.14. The maximum Gasteiger partial charge on any atom is 0.0954 e. The van der Waals surface area contributed by atoms with Crippen molar-refractivity contribution < 1.29 is 0 Å². The lowest BCUT2D eigenvalue weighted by Crippen LogP contribution is -2.19. The van der Waals surface area contributed by atoms with Crippen LogP contribution >= 0.6 is 0 Å². The van der Waals surface area contributed by atoms with E-state index < -0.39 is 0 Å². The van der Waals surface area contributed by atoms with Gasteiger partial charge in [0.1, 0.15) is 0 Å². The second-order valence-corrected chi connectivity index (χ2v) is 4.90. The molecule has 4 heteroatoms. The Morgan fingerprint density at radius 1 is 1.33 bits per heavy atom. The van der Waals surface area contributed by atoms with E-state index in [1.807, 2.05) is 24.9 Å². The molecule has 1 aliphatic rings. The molecule has 3 rings (SSSR count). The number of pyridine rings is 1. The van der Waals surface area contributed by atoms with E-state index in [9.17, 15) is 0 Å². The van der Waals surface area contributed by atoms with Crippen molar-refractivity contribution in [1.82, 2.24) is 19.9 Å². The molecule has 2 aromatic heterocycles. The quantitative estimate of drug-likeness (QED) is 0.873. The molecule has 0 aromatic carbocycles. The Morgan fingerprint density at radius 2 is 2.11 bits per heavy atom. The molecule has 1 fully saturated rings. The summed E-state index contributed by atoms with van der Waals surface area (Å²) in [5.41, 5.74) is 2.50. The van der Waals surface area contributed by atoms with E-state index in [1.165, 1.54) is 24.1 Å². The predicted octanol–water partition coefficient (Wildman–Crippen LogP) is 2.14. The van der Waals surface area contributed by atoms with Crippen molar-refractivity contribution in [3.8, 4) is 0 Å². The molecule has 1 atom stereocenters. The summed E-state index contributed by atoms with van der Waals surface area (Å²) in [6.07, 6.45) is 10.2. The van der Waals surface area contributed by atoms with Crippen LogP contribution in [-0.4, -0.2) is 20.6 Å². The number of hydrogen-bond acceptors (Lipinski definition) is 3. The molecule has 1 saturated carbocycles. The number of nitrogens with one attached hydrogen (secondary N) is 1. The first kappa shape index (κ1) is 11.4. The Hall–Kier alpha value is -1.68. The van der Waals surface area contributed by atoms with Crippen molar-refractivity contribution >= 4 is 0 Å². The van der Waals surface area contributed by atoms with Crippen LogP contribution in [0, 0.1) is 0 Å². The lowest BCUT2D eigenvalue weighted by atomic mass is 10.1. The van der Waals surface area contributed by atoms with Gasteiger partial charge in [-0.2, -0.15) is 0 Å². The normalized spacial score (nSPS) is 16.7. The summed E-state index contributed by atoms with van der Waals surface area (Å²) in [6.45, 7) is 3.09. The first-order valence-electron chi connectivity index (χ1n) is 6.48. The molecule has 0 bridgehead atoms. The number of nitrogens with zero attached hydrogens (tertiary/aromatic N) is 3. The van der Waals surface area contributed by atoms with Gasteiger partial charge in [-0.05, 0) is 37.5 Å². The monoisotopic (exact) mass is 242 g/mol. The minimum absolute atomic E-state index is 0.298. The van der Waals surface area contributed by atoms with Gasteiger partial charge in [0.2, 0.25) is 0 Å². The smallest absolute Gasteiger partial charge is 0.0954 e. The summed E-state index contributed by atoms with van der Waals surface area (Å²) in [7, 11) is 0. The van der Waals surface area contributed by atoms with Crippen molar-refractivity contribution in [3.63, 3.8) is 0 Å². The summed E-state index contributed by atoms with van der Waals surface area (Å²) >= 11 is 0. The molecule has 2 aromatic rings. The Balaban J connectivity index is 1.76. The van der Waals surface area contributed by atoms with Gasteiger partial charge < -0.3 is 9.88 Å². The highest BCUT2D eigenvalue weighted by Crippen LogP contribution is 2.21. The second-order valence-electron chi connectivity index (χ2n) is 4.90. The van der Waals surface area contributed by atoms with Crippen LogP contribution in [0.2, 0.25) is 0 Å². The van der Waals surface area contributed by atoms with Crippen molar-refractivity contribution in [2.45, 2.75) is 38.4 Å². The SMILES string of the molecule is CC(c1ccncc1)n1cncc1CNC1CC1. The Bertz CT molecular complexity index is 502. The van der Waals surface area contributed by atoms with Gasteiger partial charge in [0.15, 0.2) is 0 Å². The molecule has 0 spiro atoms. The number of aromatic nitrogens is 3. The fraction of sp³-hybridized carbons (Fsp3) is 0.429. The van der Waals surface area contributed by atoms with Crippen molar-refractivity contribution in [2.24, 2.45) is 0 Å². The highest BCUT2D eigenvalue weighted by molar-refractivity contribution is 5.17. The van der Waals surface area contributed by atoms with Crippen LogP contribution in [0.4, 0.5) is 0 Å². The minimum Gasteiger partial charge on any atom is -0.326 e. The number of rotatable bonds is 5. The largest absolute Gasteiger partial charge is 0.326 e. The summed E-state index contributed by atoms with van der Waals surface area (Å²) in [5.74, 6) is 0. The van der Waals surface area contributed by atoms with Crippen LogP contribution in [0.5, 0.6) is 0 Å². The molecule has 0 radical (unpaired) electrons. The molecule has 18 heavy (non-hydrogen) atoms. The molecule has 0 amide bonds. The first-order valence-corrected chi connectivity index (χ1v) is 6.48. The molecular weight excluding hydrogens is 224 g/mol. The Labute approximate surface area is 107 Å². The van der Waals surface area contributed by atoms with E-state index >= 15 is 0 Å². The van der Waals surface area contributed by atoms with Gasteiger partial charge in [-0.15, -0.1) is 0 Å². The average molecular weight is 242 g/mol. The highest BCUT2D eigenvalue weighted by Gasteiger charge is 2.21. The third kappa shape index (κ3) is 2.43. The van der Waals surface area contributed by atoms with E-state index in [1.54, 1.807) is 0 Å². The zero-order valence-corrected chi connectivity index (χ0v) is 10.6. The van der Waals surface area contributed by atoms with Gasteiger partial charge in [0.25, 0.3) is 0 Å². The molecule has 1 N–H and O–H groups in total. The fourth-order valence-electron chi connectivity index (χ4n) is 2.16. The fourth-order valence-corrected chi connectivity index (χ4v) is 2.16. The maximum atomic E-state index is 4.27. The topological polar surface area (TPSA) is 42.7 Å². The van der Waals surface area contributed by atoms with Gasteiger partial charge in [-0.3, -0.25) is 4.98 Å². The second kappa shape index (κ2) is 4.90. The third-order valence-corrected chi connectivity index (χ3v) is 3.50. The number of imidazole rings is 1.